The maximum atomic E-state index is 6.98. The molecule has 0 aliphatic carbocycles. The number of nitrogens with zero attached hydrogens (tertiary/aromatic N) is 3. The van der Waals surface area contributed by atoms with E-state index >= 15 is 0 Å². The van der Waals surface area contributed by atoms with Crippen LogP contribution in [0.3, 0.4) is 0 Å². The monoisotopic (exact) mass is 681 g/mol. The first kappa shape index (κ1) is 30.6. The van der Waals surface area contributed by atoms with Gasteiger partial charge in [0.25, 0.3) is 0 Å². The van der Waals surface area contributed by atoms with Crippen LogP contribution < -0.4 is 14.3 Å². The molecule has 8 aromatic rings. The van der Waals surface area contributed by atoms with Crippen LogP contribution in [0.2, 0.25) is 19.6 Å². The molecule has 3 aromatic heterocycles. The van der Waals surface area contributed by atoms with Gasteiger partial charge in [-0.2, -0.15) is 4.57 Å². The van der Waals surface area contributed by atoms with Crippen LogP contribution in [0.5, 0.6) is 0 Å². The highest BCUT2D eigenvalue weighted by molar-refractivity contribution is 6.89. The standard InChI is InChI=1S/C46H43N3OSi/c1-28(2)30-21-22-34-37(25-30)46(47-27-42(51(5,6)7)35(29(3)4)26-40(34)47)36-24-23-33-32-17-11-14-20-41(32)50-44(33)43(36)45-48(31-15-9-8-10-16-31)38-18-12-13-19-39(38)49(45)46/h8-29H,1-7H3/q+2. The normalized spacial score (nSPS) is 16.2. The van der Waals surface area contributed by atoms with Gasteiger partial charge >= 0.3 is 11.5 Å². The molecule has 0 N–H and O–H groups in total. The van der Waals surface area contributed by atoms with Crippen molar-refractivity contribution in [3.8, 4) is 28.3 Å². The first-order chi connectivity index (χ1) is 24.6. The number of aromatic nitrogens is 3. The second kappa shape index (κ2) is 10.4. The molecule has 0 bridgehead atoms. The van der Waals surface area contributed by atoms with Crippen LogP contribution in [-0.4, -0.2) is 12.6 Å². The topological polar surface area (TPSA) is 25.8 Å². The minimum absolute atomic E-state index is 0.388. The van der Waals surface area contributed by atoms with Crippen LogP contribution in [-0.2, 0) is 5.66 Å². The molecule has 2 aliphatic rings. The molecule has 0 saturated carbocycles. The van der Waals surface area contributed by atoms with Crippen molar-refractivity contribution in [3.63, 3.8) is 0 Å². The summed E-state index contributed by atoms with van der Waals surface area (Å²) in [4.78, 5) is 0. The van der Waals surface area contributed by atoms with Gasteiger partial charge in [-0.15, -0.1) is 9.13 Å². The molecule has 2 aliphatic heterocycles. The van der Waals surface area contributed by atoms with Gasteiger partial charge < -0.3 is 4.42 Å². The molecule has 5 heteroatoms. The Kier molecular flexibility index (Phi) is 6.23. The van der Waals surface area contributed by atoms with Crippen LogP contribution in [0, 0.1) is 0 Å². The van der Waals surface area contributed by atoms with Crippen LogP contribution in [0.15, 0.2) is 126 Å². The summed E-state index contributed by atoms with van der Waals surface area (Å²) in [5, 5.41) is 3.81. The number of imidazole rings is 1. The molecule has 4 nitrogen and oxygen atoms in total. The quantitative estimate of drug-likeness (QED) is 0.134. The van der Waals surface area contributed by atoms with Gasteiger partial charge in [0.15, 0.2) is 22.8 Å². The summed E-state index contributed by atoms with van der Waals surface area (Å²) >= 11 is 0. The van der Waals surface area contributed by atoms with E-state index in [2.05, 4.69) is 182 Å². The lowest BCUT2D eigenvalue weighted by Gasteiger charge is -2.25. The second-order valence-electron chi connectivity index (χ2n) is 16.2. The van der Waals surface area contributed by atoms with Gasteiger partial charge in [-0.25, -0.2) is 0 Å². The van der Waals surface area contributed by atoms with Crippen molar-refractivity contribution in [2.45, 2.75) is 64.8 Å². The van der Waals surface area contributed by atoms with Crippen molar-refractivity contribution in [2.75, 3.05) is 0 Å². The van der Waals surface area contributed by atoms with E-state index in [0.717, 1.165) is 39.0 Å². The van der Waals surface area contributed by atoms with E-state index in [4.69, 9.17) is 4.42 Å². The Hall–Kier alpha value is -5.26. The molecule has 0 radical (unpaired) electrons. The number of fused-ring (bicyclic) bond motifs is 16. The van der Waals surface area contributed by atoms with Crippen LogP contribution in [0.4, 0.5) is 0 Å². The Balaban J connectivity index is 1.49. The van der Waals surface area contributed by atoms with E-state index in [1.807, 2.05) is 0 Å². The zero-order valence-corrected chi connectivity index (χ0v) is 31.5. The number of rotatable bonds is 4. The predicted molar refractivity (Wildman–Crippen MR) is 211 cm³/mol. The number of furan rings is 1. The van der Waals surface area contributed by atoms with Gasteiger partial charge in [0.05, 0.1) is 24.8 Å². The lowest BCUT2D eigenvalue weighted by Crippen LogP contribution is -2.72. The minimum atomic E-state index is -1.79. The van der Waals surface area contributed by atoms with E-state index in [1.165, 1.54) is 49.7 Å². The van der Waals surface area contributed by atoms with Gasteiger partial charge in [-0.1, -0.05) is 102 Å². The fourth-order valence-corrected chi connectivity index (χ4v) is 10.9. The van der Waals surface area contributed by atoms with E-state index in [-0.39, 0.29) is 0 Å². The van der Waals surface area contributed by atoms with E-state index < -0.39 is 13.7 Å². The zero-order chi connectivity index (χ0) is 35.0. The van der Waals surface area contributed by atoms with Crippen molar-refractivity contribution in [2.24, 2.45) is 0 Å². The molecule has 51 heavy (non-hydrogen) atoms. The zero-order valence-electron chi connectivity index (χ0n) is 30.5. The summed E-state index contributed by atoms with van der Waals surface area (Å²) in [5.41, 5.74) is 13.8. The van der Waals surface area contributed by atoms with Crippen LogP contribution in [0.25, 0.3) is 61.3 Å². The maximum Gasteiger partial charge on any atom is 0.364 e. The molecule has 5 heterocycles. The summed E-state index contributed by atoms with van der Waals surface area (Å²) in [6.45, 7) is 16.8. The van der Waals surface area contributed by atoms with Crippen molar-refractivity contribution in [1.82, 2.24) is 4.57 Å². The SMILES string of the molecule is CC(C)c1ccc2c(c1)C1(c3ccc4c(oc5ccccc54)c3-c3n(-c4ccccc4)c4ccccc4[n+]31)[n+]1cc([Si](C)(C)C)c(C(C)C)cc1-2. The molecule has 5 aromatic carbocycles. The molecular weight excluding hydrogens is 639 g/mol. The first-order valence-electron chi connectivity index (χ1n) is 18.4. The molecule has 250 valence electrons. The highest BCUT2D eigenvalue weighted by Crippen LogP contribution is 2.52. The summed E-state index contributed by atoms with van der Waals surface area (Å²) in [6, 6.07) is 42.8. The largest absolute Gasteiger partial charge is 0.455 e. The third-order valence-electron chi connectivity index (χ3n) is 11.5. The molecule has 1 spiro atoms. The summed E-state index contributed by atoms with van der Waals surface area (Å²) < 4.78 is 14.8. The number of hydrogen-bond donors (Lipinski definition) is 0. The van der Waals surface area contributed by atoms with Gasteiger partial charge in [-0.3, -0.25) is 0 Å². The van der Waals surface area contributed by atoms with E-state index in [9.17, 15) is 0 Å². The number of para-hydroxylation sites is 4. The third-order valence-corrected chi connectivity index (χ3v) is 13.6. The fraction of sp³-hybridized carbons (Fsp3) is 0.217. The van der Waals surface area contributed by atoms with E-state index in [0.29, 0.717) is 11.8 Å². The maximum absolute atomic E-state index is 6.98. The molecule has 0 fully saturated rings. The minimum Gasteiger partial charge on any atom is -0.455 e. The number of pyridine rings is 1. The number of benzene rings is 5. The average Bonchev–Trinajstić information content (AvgIpc) is 3.84. The Morgan fingerprint density at radius 3 is 2.22 bits per heavy atom. The number of hydrogen-bond acceptors (Lipinski definition) is 1. The first-order valence-corrected chi connectivity index (χ1v) is 21.9. The lowest BCUT2D eigenvalue weighted by atomic mass is 9.86. The molecule has 1 atom stereocenters. The van der Waals surface area contributed by atoms with Crippen LogP contribution >= 0.6 is 0 Å². The van der Waals surface area contributed by atoms with Crippen molar-refractivity contribution in [1.29, 1.82) is 0 Å². The lowest BCUT2D eigenvalue weighted by molar-refractivity contribution is -0.944. The Morgan fingerprint density at radius 2 is 1.45 bits per heavy atom. The van der Waals surface area contributed by atoms with Crippen molar-refractivity contribution < 1.29 is 13.6 Å². The summed E-state index contributed by atoms with van der Waals surface area (Å²) in [5.74, 6) is 1.95. The van der Waals surface area contributed by atoms with Gasteiger partial charge in [-0.05, 0) is 77.6 Å². The van der Waals surface area contributed by atoms with Crippen molar-refractivity contribution in [3.05, 3.63) is 144 Å². The smallest absolute Gasteiger partial charge is 0.364 e. The average molecular weight is 682 g/mol. The Bertz CT molecular complexity index is 2740. The Labute approximate surface area is 300 Å². The molecule has 1 unspecified atom stereocenters. The summed E-state index contributed by atoms with van der Waals surface area (Å²) in [7, 11) is -1.79. The van der Waals surface area contributed by atoms with Crippen molar-refractivity contribution >= 4 is 46.2 Å². The van der Waals surface area contributed by atoms with Gasteiger partial charge in [0, 0.05) is 22.0 Å². The Morgan fingerprint density at radius 1 is 0.706 bits per heavy atom. The third kappa shape index (κ3) is 3.90. The molecule has 0 amide bonds. The van der Waals surface area contributed by atoms with Gasteiger partial charge in [0.1, 0.15) is 16.8 Å². The second-order valence-corrected chi connectivity index (χ2v) is 21.3. The fourth-order valence-electron chi connectivity index (χ4n) is 9.19. The van der Waals surface area contributed by atoms with E-state index in [1.54, 1.807) is 0 Å². The van der Waals surface area contributed by atoms with Crippen LogP contribution in [0.1, 0.15) is 61.8 Å². The van der Waals surface area contributed by atoms with Gasteiger partial charge in [0.2, 0.25) is 5.69 Å². The highest BCUT2D eigenvalue weighted by atomic mass is 28.3. The molecule has 10 rings (SSSR count). The molecular formula is C46H43N3OSi+2. The predicted octanol–water partition coefficient (Wildman–Crippen LogP) is 10.2. The summed E-state index contributed by atoms with van der Waals surface area (Å²) in [6.07, 6.45) is 2.56. The molecule has 0 saturated heterocycles. The highest BCUT2D eigenvalue weighted by Gasteiger charge is 2.67.